The van der Waals surface area contributed by atoms with E-state index in [2.05, 4.69) is 38.5 Å². The van der Waals surface area contributed by atoms with Gasteiger partial charge in [0, 0.05) is 29.7 Å². The SMILES string of the molecule is C[C@H](Oc1c(Br)c(I)cc2c(OC(C)(C)C)nc(N3CCN(C(=O)O)CC3)nc12)c1ccccc1. The molecule has 0 bridgehead atoms. The summed E-state index contributed by atoms with van der Waals surface area (Å²) in [6.45, 7) is 9.70. The predicted octanol–water partition coefficient (Wildman–Crippen LogP) is 6.11. The summed E-state index contributed by atoms with van der Waals surface area (Å²) in [7, 11) is 0. The Bertz CT molecular complexity index is 1230. The van der Waals surface area contributed by atoms with Gasteiger partial charge in [0.15, 0.2) is 5.75 Å². The van der Waals surface area contributed by atoms with E-state index >= 15 is 0 Å². The van der Waals surface area contributed by atoms with Crippen LogP contribution in [0.2, 0.25) is 0 Å². The van der Waals surface area contributed by atoms with E-state index in [0.29, 0.717) is 49.3 Å². The zero-order chi connectivity index (χ0) is 25.3. The summed E-state index contributed by atoms with van der Waals surface area (Å²) in [6, 6.07) is 12.0. The Morgan fingerprint density at radius 3 is 2.40 bits per heavy atom. The lowest BCUT2D eigenvalue weighted by Gasteiger charge is -2.33. The summed E-state index contributed by atoms with van der Waals surface area (Å²) in [5.74, 6) is 1.59. The van der Waals surface area contributed by atoms with Crippen molar-refractivity contribution in [2.24, 2.45) is 0 Å². The van der Waals surface area contributed by atoms with Gasteiger partial charge in [-0.2, -0.15) is 4.98 Å². The van der Waals surface area contributed by atoms with Crippen LogP contribution in [0.5, 0.6) is 11.6 Å². The smallest absolute Gasteiger partial charge is 0.407 e. The van der Waals surface area contributed by atoms with Crippen molar-refractivity contribution in [3.05, 3.63) is 50.0 Å². The summed E-state index contributed by atoms with van der Waals surface area (Å²) in [5, 5.41) is 10.1. The van der Waals surface area contributed by atoms with E-state index in [1.54, 1.807) is 0 Å². The van der Waals surface area contributed by atoms with Crippen LogP contribution < -0.4 is 14.4 Å². The van der Waals surface area contributed by atoms with Gasteiger partial charge in [-0.25, -0.2) is 9.78 Å². The molecule has 1 aliphatic rings. The number of benzene rings is 2. The first-order valence-corrected chi connectivity index (χ1v) is 13.2. The maximum Gasteiger partial charge on any atom is 0.407 e. The maximum atomic E-state index is 11.4. The Kier molecular flexibility index (Phi) is 7.60. The standard InChI is InChI=1S/C25H28BrIN4O4/c1-15(16-8-6-5-7-9-16)34-21-19(26)18(27)14-17-20(21)28-23(29-22(17)35-25(2,3)4)30-10-12-31(13-11-30)24(32)33/h5-9,14-15H,10-13H2,1-4H3,(H,32,33)/t15-/m0/s1. The molecule has 4 rings (SSSR count). The number of hydrogen-bond acceptors (Lipinski definition) is 6. The monoisotopic (exact) mass is 654 g/mol. The molecule has 0 radical (unpaired) electrons. The molecule has 10 heteroatoms. The number of aromatic nitrogens is 2. The van der Waals surface area contributed by atoms with Crippen LogP contribution in [0, 0.1) is 3.57 Å². The third kappa shape index (κ3) is 5.91. The zero-order valence-electron chi connectivity index (χ0n) is 20.1. The molecule has 1 amide bonds. The van der Waals surface area contributed by atoms with Crippen LogP contribution in [0.15, 0.2) is 40.9 Å². The van der Waals surface area contributed by atoms with Crippen molar-refractivity contribution in [1.82, 2.24) is 14.9 Å². The molecule has 1 atom stereocenters. The van der Waals surface area contributed by atoms with Crippen molar-refractivity contribution in [3.8, 4) is 11.6 Å². The molecule has 1 aliphatic heterocycles. The third-order valence-electron chi connectivity index (χ3n) is 5.59. The van der Waals surface area contributed by atoms with Gasteiger partial charge in [-0.05, 0) is 77.8 Å². The molecule has 2 aromatic carbocycles. The molecule has 0 saturated carbocycles. The van der Waals surface area contributed by atoms with E-state index in [-0.39, 0.29) is 6.10 Å². The van der Waals surface area contributed by atoms with Gasteiger partial charge in [-0.1, -0.05) is 30.3 Å². The Labute approximate surface area is 226 Å². The maximum absolute atomic E-state index is 11.4. The van der Waals surface area contributed by atoms with Crippen LogP contribution in [0.3, 0.4) is 0 Å². The Balaban J connectivity index is 1.82. The molecule has 0 spiro atoms. The number of hydrogen-bond donors (Lipinski definition) is 1. The minimum atomic E-state index is -0.912. The number of carboxylic acid groups (broad SMARTS) is 1. The van der Waals surface area contributed by atoms with Crippen LogP contribution in [-0.2, 0) is 0 Å². The molecule has 3 aromatic rings. The summed E-state index contributed by atoms with van der Waals surface area (Å²) >= 11 is 5.98. The lowest BCUT2D eigenvalue weighted by molar-refractivity contribution is 0.126. The minimum Gasteiger partial charge on any atom is -0.482 e. The molecule has 1 fully saturated rings. The number of rotatable bonds is 5. The van der Waals surface area contributed by atoms with E-state index in [9.17, 15) is 9.90 Å². The topological polar surface area (TPSA) is 88.0 Å². The third-order valence-corrected chi connectivity index (χ3v) is 7.97. The number of fused-ring (bicyclic) bond motifs is 1. The number of nitrogens with zero attached hydrogens (tertiary/aromatic N) is 4. The first-order valence-electron chi connectivity index (χ1n) is 11.4. The Morgan fingerprint density at radius 1 is 1.14 bits per heavy atom. The Morgan fingerprint density at radius 2 is 1.80 bits per heavy atom. The average molecular weight is 655 g/mol. The van der Waals surface area contributed by atoms with Gasteiger partial charge in [-0.3, -0.25) is 0 Å². The fourth-order valence-electron chi connectivity index (χ4n) is 3.83. The predicted molar refractivity (Wildman–Crippen MR) is 148 cm³/mol. The number of halogens is 2. The van der Waals surface area contributed by atoms with Crippen LogP contribution in [0.4, 0.5) is 10.7 Å². The second kappa shape index (κ2) is 10.3. The van der Waals surface area contributed by atoms with Crippen LogP contribution in [0.25, 0.3) is 10.9 Å². The van der Waals surface area contributed by atoms with Crippen LogP contribution in [-0.4, -0.2) is 57.8 Å². The van der Waals surface area contributed by atoms with Crippen LogP contribution in [0.1, 0.15) is 39.4 Å². The fourth-order valence-corrected chi connectivity index (χ4v) is 4.78. The molecule has 0 unspecified atom stereocenters. The van der Waals surface area contributed by atoms with E-state index < -0.39 is 11.7 Å². The summed E-state index contributed by atoms with van der Waals surface area (Å²) in [5.41, 5.74) is 1.22. The quantitative estimate of drug-likeness (QED) is 0.332. The highest BCUT2D eigenvalue weighted by Crippen LogP contribution is 2.42. The Hall–Kier alpha value is -2.34. The normalized spacial score (nSPS) is 15.3. The second-order valence-electron chi connectivity index (χ2n) is 9.37. The number of anilines is 1. The van der Waals surface area contributed by atoms with Gasteiger partial charge in [0.25, 0.3) is 0 Å². The van der Waals surface area contributed by atoms with E-state index in [4.69, 9.17) is 19.4 Å². The number of carbonyl (C=O) groups is 1. The highest BCUT2D eigenvalue weighted by Gasteiger charge is 2.27. The van der Waals surface area contributed by atoms with Crippen LogP contribution >= 0.6 is 38.5 Å². The minimum absolute atomic E-state index is 0.210. The molecule has 8 nitrogen and oxygen atoms in total. The van der Waals surface area contributed by atoms with Crippen molar-refractivity contribution in [2.75, 3.05) is 31.1 Å². The second-order valence-corrected chi connectivity index (χ2v) is 11.3. The van der Waals surface area contributed by atoms with Crippen molar-refractivity contribution in [2.45, 2.75) is 39.4 Å². The highest BCUT2D eigenvalue weighted by atomic mass is 127. The fraction of sp³-hybridized carbons (Fsp3) is 0.400. The van der Waals surface area contributed by atoms with Crippen molar-refractivity contribution in [1.29, 1.82) is 0 Å². The van der Waals surface area contributed by atoms with Gasteiger partial charge in [-0.15, -0.1) is 0 Å². The van der Waals surface area contributed by atoms with Gasteiger partial charge in [0.05, 0.1) is 9.86 Å². The molecule has 35 heavy (non-hydrogen) atoms. The van der Waals surface area contributed by atoms with Crippen molar-refractivity contribution < 1.29 is 19.4 Å². The van der Waals surface area contributed by atoms with Gasteiger partial charge in [0.2, 0.25) is 11.8 Å². The highest BCUT2D eigenvalue weighted by molar-refractivity contribution is 14.1. The zero-order valence-corrected chi connectivity index (χ0v) is 23.8. The number of piperazine rings is 1. The van der Waals surface area contributed by atoms with E-state index in [1.165, 1.54) is 4.90 Å². The molecule has 1 N–H and O–H groups in total. The lowest BCUT2D eigenvalue weighted by Crippen LogP contribution is -2.48. The van der Waals surface area contributed by atoms with Gasteiger partial charge >= 0.3 is 6.09 Å². The summed E-state index contributed by atoms with van der Waals surface area (Å²) in [4.78, 5) is 24.4. The van der Waals surface area contributed by atoms with Crippen molar-refractivity contribution >= 4 is 61.5 Å². The molecule has 0 aliphatic carbocycles. The molecule has 1 aromatic heterocycles. The summed E-state index contributed by atoms with van der Waals surface area (Å²) < 4.78 is 14.6. The molecule has 186 valence electrons. The first-order chi connectivity index (χ1) is 16.5. The van der Waals surface area contributed by atoms with E-state index in [1.807, 2.05) is 69.0 Å². The number of ether oxygens (including phenoxy) is 2. The molecular formula is C25H28BrIN4O4. The lowest BCUT2D eigenvalue weighted by atomic mass is 10.1. The molecule has 2 heterocycles. The summed E-state index contributed by atoms with van der Waals surface area (Å²) in [6.07, 6.45) is -1.12. The van der Waals surface area contributed by atoms with Gasteiger partial charge in [0.1, 0.15) is 17.2 Å². The first kappa shape index (κ1) is 25.7. The number of amides is 1. The largest absolute Gasteiger partial charge is 0.482 e. The van der Waals surface area contributed by atoms with E-state index in [0.717, 1.165) is 19.0 Å². The van der Waals surface area contributed by atoms with Crippen molar-refractivity contribution in [3.63, 3.8) is 0 Å². The average Bonchev–Trinajstić information content (AvgIpc) is 2.82. The van der Waals surface area contributed by atoms with Gasteiger partial charge < -0.3 is 24.4 Å². The molecule has 1 saturated heterocycles. The molecular weight excluding hydrogens is 627 g/mol.